The van der Waals surface area contributed by atoms with Crippen LogP contribution in [0.2, 0.25) is 0 Å². The van der Waals surface area contributed by atoms with Crippen LogP contribution < -0.4 is 0 Å². The highest BCUT2D eigenvalue weighted by Gasteiger charge is 2.34. The van der Waals surface area contributed by atoms with E-state index in [1.165, 1.54) is 10.4 Å². The maximum atomic E-state index is 13.1. The molecule has 3 aromatic rings. The van der Waals surface area contributed by atoms with Crippen LogP contribution in [0.25, 0.3) is 0 Å². The second-order valence-electron chi connectivity index (χ2n) is 5.89. The highest BCUT2D eigenvalue weighted by Crippen LogP contribution is 2.38. The first-order valence-corrected chi connectivity index (χ1v) is 9.03. The molecule has 1 aliphatic rings. The lowest BCUT2D eigenvalue weighted by Crippen LogP contribution is -2.40. The van der Waals surface area contributed by atoms with Gasteiger partial charge in [-0.3, -0.25) is 4.79 Å². The van der Waals surface area contributed by atoms with E-state index in [-0.39, 0.29) is 11.9 Å². The molecule has 0 spiro atoms. The van der Waals surface area contributed by atoms with E-state index in [1.54, 1.807) is 17.4 Å². The minimum atomic E-state index is -0.0656. The molecule has 1 amide bonds. The van der Waals surface area contributed by atoms with Crippen molar-refractivity contribution in [3.63, 3.8) is 0 Å². The molecule has 0 unspecified atom stereocenters. The van der Waals surface area contributed by atoms with Crippen LogP contribution in [0.1, 0.15) is 45.2 Å². The van der Waals surface area contributed by atoms with Crippen molar-refractivity contribution in [1.82, 2.24) is 10.1 Å². The minimum Gasteiger partial charge on any atom is -0.361 e. The lowest BCUT2D eigenvalue weighted by molar-refractivity contribution is 0.0685. The summed E-state index contributed by atoms with van der Waals surface area (Å²) in [4.78, 5) is 16.3. The first-order valence-electron chi connectivity index (χ1n) is 8.15. The second kappa shape index (κ2) is 6.24. The van der Waals surface area contributed by atoms with Crippen LogP contribution in [-0.4, -0.2) is 22.5 Å². The highest BCUT2D eigenvalue weighted by molar-refractivity contribution is 7.10. The third-order valence-electron chi connectivity index (χ3n) is 4.47. The number of hydrogen-bond acceptors (Lipinski definition) is 4. The van der Waals surface area contributed by atoms with Crippen LogP contribution in [0, 0.1) is 0 Å². The summed E-state index contributed by atoms with van der Waals surface area (Å²) in [7, 11) is 0. The zero-order valence-electron chi connectivity index (χ0n) is 13.4. The molecular weight excluding hydrogens is 320 g/mol. The Kier molecular flexibility index (Phi) is 3.94. The fraction of sp³-hybridized carbons (Fsp3) is 0.263. The van der Waals surface area contributed by atoms with E-state index in [4.69, 9.17) is 4.52 Å². The Balaban J connectivity index is 1.75. The predicted molar refractivity (Wildman–Crippen MR) is 93.2 cm³/mol. The van der Waals surface area contributed by atoms with Gasteiger partial charge in [0.25, 0.3) is 5.91 Å². The second-order valence-corrected chi connectivity index (χ2v) is 6.89. The Bertz CT molecular complexity index is 853. The smallest absolute Gasteiger partial charge is 0.276 e. The molecule has 0 aliphatic carbocycles. The summed E-state index contributed by atoms with van der Waals surface area (Å²) in [5, 5.41) is 6.08. The molecule has 1 aliphatic heterocycles. The number of carbonyl (C=O) groups excluding carboxylic acids is 1. The molecule has 3 heterocycles. The fourth-order valence-electron chi connectivity index (χ4n) is 3.26. The van der Waals surface area contributed by atoms with E-state index in [0.717, 1.165) is 24.2 Å². The van der Waals surface area contributed by atoms with Crippen molar-refractivity contribution in [2.75, 3.05) is 6.54 Å². The Morgan fingerprint density at radius 2 is 2.17 bits per heavy atom. The van der Waals surface area contributed by atoms with Gasteiger partial charge in [0, 0.05) is 23.9 Å². The van der Waals surface area contributed by atoms with Crippen molar-refractivity contribution in [1.29, 1.82) is 0 Å². The normalized spacial score (nSPS) is 16.9. The molecule has 4 nitrogen and oxygen atoms in total. The molecule has 0 N–H and O–H groups in total. The van der Waals surface area contributed by atoms with Gasteiger partial charge in [-0.15, -0.1) is 11.3 Å². The minimum absolute atomic E-state index is 0.0597. The van der Waals surface area contributed by atoms with E-state index in [9.17, 15) is 4.79 Å². The van der Waals surface area contributed by atoms with E-state index >= 15 is 0 Å². The maximum absolute atomic E-state index is 13.1. The van der Waals surface area contributed by atoms with Gasteiger partial charge in [0.2, 0.25) is 0 Å². The standard InChI is InChI=1S/C19H18N2O2S/c1-2-14-12-16(20-23-14)19(22)21-10-8-17-15(9-11-24-17)18(21)13-6-4-3-5-7-13/h3-7,9,11-12,18H,2,8,10H2,1H3/t18-/m0/s1. The highest BCUT2D eigenvalue weighted by atomic mass is 32.1. The summed E-state index contributed by atoms with van der Waals surface area (Å²) >= 11 is 1.77. The number of benzene rings is 1. The zero-order chi connectivity index (χ0) is 16.5. The fourth-order valence-corrected chi connectivity index (χ4v) is 4.16. The summed E-state index contributed by atoms with van der Waals surface area (Å²) in [6, 6.07) is 14.0. The van der Waals surface area contributed by atoms with Crippen LogP contribution in [0.15, 0.2) is 52.4 Å². The third kappa shape index (κ3) is 2.55. The molecule has 0 saturated heterocycles. The molecule has 0 fully saturated rings. The van der Waals surface area contributed by atoms with Gasteiger partial charge < -0.3 is 9.42 Å². The van der Waals surface area contributed by atoms with Gasteiger partial charge in [-0.05, 0) is 29.0 Å². The first kappa shape index (κ1) is 15.1. The number of amides is 1. The van der Waals surface area contributed by atoms with Crippen LogP contribution in [-0.2, 0) is 12.8 Å². The summed E-state index contributed by atoms with van der Waals surface area (Å²) in [6.45, 7) is 2.68. The van der Waals surface area contributed by atoms with E-state index in [2.05, 4.69) is 28.7 Å². The van der Waals surface area contributed by atoms with E-state index < -0.39 is 0 Å². The zero-order valence-corrected chi connectivity index (χ0v) is 14.3. The van der Waals surface area contributed by atoms with Crippen LogP contribution >= 0.6 is 11.3 Å². The Labute approximate surface area is 144 Å². The molecule has 2 aromatic heterocycles. The number of carbonyl (C=O) groups is 1. The molecule has 0 saturated carbocycles. The number of rotatable bonds is 3. The lowest BCUT2D eigenvalue weighted by atomic mass is 9.93. The molecule has 1 aromatic carbocycles. The molecule has 5 heteroatoms. The van der Waals surface area contributed by atoms with Gasteiger partial charge in [-0.1, -0.05) is 42.4 Å². The van der Waals surface area contributed by atoms with Crippen molar-refractivity contribution in [3.8, 4) is 0 Å². The largest absolute Gasteiger partial charge is 0.361 e. The summed E-state index contributed by atoms with van der Waals surface area (Å²) in [6.07, 6.45) is 1.62. The van der Waals surface area contributed by atoms with E-state index in [1.807, 2.05) is 30.0 Å². The first-order chi connectivity index (χ1) is 11.8. The van der Waals surface area contributed by atoms with Gasteiger partial charge in [-0.2, -0.15) is 0 Å². The van der Waals surface area contributed by atoms with Crippen LogP contribution in [0.4, 0.5) is 0 Å². The molecule has 122 valence electrons. The number of hydrogen-bond donors (Lipinski definition) is 0. The van der Waals surface area contributed by atoms with Crippen molar-refractivity contribution < 1.29 is 9.32 Å². The SMILES string of the molecule is CCc1cc(C(=O)N2CCc3sccc3[C@@H]2c2ccccc2)no1. The van der Waals surface area contributed by atoms with Crippen molar-refractivity contribution in [3.05, 3.63) is 75.3 Å². The summed E-state index contributed by atoms with van der Waals surface area (Å²) in [5.74, 6) is 0.673. The number of nitrogens with zero attached hydrogens (tertiary/aromatic N) is 2. The van der Waals surface area contributed by atoms with Gasteiger partial charge in [-0.25, -0.2) is 0 Å². The summed E-state index contributed by atoms with van der Waals surface area (Å²) < 4.78 is 5.23. The van der Waals surface area contributed by atoms with Gasteiger partial charge >= 0.3 is 0 Å². The van der Waals surface area contributed by atoms with Crippen molar-refractivity contribution in [2.45, 2.75) is 25.8 Å². The topological polar surface area (TPSA) is 46.3 Å². The average Bonchev–Trinajstić information content (AvgIpc) is 3.30. The maximum Gasteiger partial charge on any atom is 0.276 e. The van der Waals surface area contributed by atoms with Gasteiger partial charge in [0.15, 0.2) is 5.69 Å². The molecular formula is C19H18N2O2S. The number of aryl methyl sites for hydroxylation is 1. The summed E-state index contributed by atoms with van der Waals surface area (Å²) in [5.41, 5.74) is 2.75. The third-order valence-corrected chi connectivity index (χ3v) is 5.47. The number of fused-ring (bicyclic) bond motifs is 1. The Morgan fingerprint density at radius 1 is 1.33 bits per heavy atom. The molecule has 1 atom stereocenters. The molecule has 24 heavy (non-hydrogen) atoms. The monoisotopic (exact) mass is 338 g/mol. The van der Waals surface area contributed by atoms with Gasteiger partial charge in [0.1, 0.15) is 5.76 Å². The molecule has 0 bridgehead atoms. The molecule has 4 rings (SSSR count). The Hall–Kier alpha value is -2.40. The predicted octanol–water partition coefficient (Wildman–Crippen LogP) is 4.09. The van der Waals surface area contributed by atoms with Crippen molar-refractivity contribution in [2.24, 2.45) is 0 Å². The lowest BCUT2D eigenvalue weighted by Gasteiger charge is -2.35. The molecule has 0 radical (unpaired) electrons. The van der Waals surface area contributed by atoms with Gasteiger partial charge in [0.05, 0.1) is 6.04 Å². The Morgan fingerprint density at radius 3 is 2.92 bits per heavy atom. The van der Waals surface area contributed by atoms with Crippen LogP contribution in [0.5, 0.6) is 0 Å². The van der Waals surface area contributed by atoms with E-state index in [0.29, 0.717) is 12.2 Å². The number of thiophene rings is 1. The van der Waals surface area contributed by atoms with Crippen molar-refractivity contribution >= 4 is 17.2 Å². The van der Waals surface area contributed by atoms with Crippen LogP contribution in [0.3, 0.4) is 0 Å². The number of aromatic nitrogens is 1. The quantitative estimate of drug-likeness (QED) is 0.723. The average molecular weight is 338 g/mol.